The van der Waals surface area contributed by atoms with Crippen LogP contribution >= 0.6 is 7.82 Å². The van der Waals surface area contributed by atoms with E-state index in [2.05, 4.69) is 4.52 Å². The number of rotatable bonds is 4. The Balaban J connectivity index is 3.30. The van der Waals surface area contributed by atoms with Crippen LogP contribution in [-0.2, 0) is 9.09 Å². The summed E-state index contributed by atoms with van der Waals surface area (Å²) in [5.74, 6) is 0.409. The highest BCUT2D eigenvalue weighted by atomic mass is 31.2. The number of hydrogen-bond donors (Lipinski definition) is 2. The van der Waals surface area contributed by atoms with Gasteiger partial charge in [-0.05, 0) is 12.3 Å². The Hall–Kier alpha value is 0.110. The highest BCUT2D eigenvalue weighted by molar-refractivity contribution is 7.46. The minimum Gasteiger partial charge on any atom is -0.303 e. The molecule has 0 spiro atoms. The summed E-state index contributed by atoms with van der Waals surface area (Å²) in [5, 5.41) is 0. The molecule has 0 unspecified atom stereocenters. The molecule has 0 aromatic heterocycles. The van der Waals surface area contributed by atoms with Gasteiger partial charge < -0.3 is 9.79 Å². The van der Waals surface area contributed by atoms with E-state index in [0.717, 1.165) is 0 Å². The van der Waals surface area contributed by atoms with Gasteiger partial charge in [0.15, 0.2) is 0 Å². The Morgan fingerprint density at radius 2 is 2.00 bits per heavy atom. The number of phosphoric ester groups is 1. The lowest BCUT2D eigenvalue weighted by atomic mass is 10.2. The summed E-state index contributed by atoms with van der Waals surface area (Å²) < 4.78 is 14.3. The van der Waals surface area contributed by atoms with E-state index in [1.165, 1.54) is 0 Å². The third kappa shape index (κ3) is 8.11. The van der Waals surface area contributed by atoms with Gasteiger partial charge in [-0.2, -0.15) is 0 Å². The highest BCUT2D eigenvalue weighted by Crippen LogP contribution is 2.35. The summed E-state index contributed by atoms with van der Waals surface area (Å²) in [4.78, 5) is 16.4. The first-order valence-corrected chi connectivity index (χ1v) is 4.65. The maximum Gasteiger partial charge on any atom is 0.469 e. The van der Waals surface area contributed by atoms with Crippen molar-refractivity contribution in [1.29, 1.82) is 0 Å². The van der Waals surface area contributed by atoms with E-state index in [-0.39, 0.29) is 6.61 Å². The van der Waals surface area contributed by atoms with E-state index in [9.17, 15) is 4.57 Å². The van der Waals surface area contributed by atoms with Gasteiger partial charge in [-0.25, -0.2) is 4.57 Å². The van der Waals surface area contributed by atoms with Crippen LogP contribution in [0.2, 0.25) is 0 Å². The molecule has 0 rings (SSSR count). The van der Waals surface area contributed by atoms with Crippen LogP contribution in [-0.4, -0.2) is 16.4 Å². The van der Waals surface area contributed by atoms with E-state index in [0.29, 0.717) is 12.3 Å². The largest absolute Gasteiger partial charge is 0.469 e. The van der Waals surface area contributed by atoms with Crippen LogP contribution in [0.25, 0.3) is 0 Å². The molecular formula is C5H13O4P. The lowest BCUT2D eigenvalue weighted by Crippen LogP contribution is -1.96. The summed E-state index contributed by atoms with van der Waals surface area (Å²) in [6.07, 6.45) is 0.672. The Morgan fingerprint density at radius 3 is 2.30 bits per heavy atom. The molecule has 0 aromatic carbocycles. The highest BCUT2D eigenvalue weighted by Gasteiger charge is 2.12. The van der Waals surface area contributed by atoms with Gasteiger partial charge in [-0.3, -0.25) is 4.52 Å². The predicted molar refractivity (Wildman–Crippen MR) is 37.5 cm³/mol. The van der Waals surface area contributed by atoms with Crippen LogP contribution < -0.4 is 0 Å². The molecule has 0 aliphatic rings. The molecule has 2 N–H and O–H groups in total. The standard InChI is InChI=1S/C5H13O4P/c1-5(2)3-4-9-10(6,7)8/h5H,3-4H2,1-2H3,(H2,6,7,8). The molecule has 0 saturated carbocycles. The Morgan fingerprint density at radius 1 is 1.50 bits per heavy atom. The van der Waals surface area contributed by atoms with Gasteiger partial charge in [-0.1, -0.05) is 13.8 Å². The van der Waals surface area contributed by atoms with Crippen molar-refractivity contribution in [2.75, 3.05) is 6.61 Å². The van der Waals surface area contributed by atoms with Gasteiger partial charge in [0.2, 0.25) is 0 Å². The van der Waals surface area contributed by atoms with Gasteiger partial charge in [0.1, 0.15) is 0 Å². The fourth-order valence-corrected chi connectivity index (χ4v) is 0.751. The van der Waals surface area contributed by atoms with Crippen molar-refractivity contribution in [3.8, 4) is 0 Å². The second-order valence-electron chi connectivity index (χ2n) is 2.51. The second-order valence-corrected chi connectivity index (χ2v) is 3.75. The zero-order valence-corrected chi connectivity index (χ0v) is 7.04. The van der Waals surface area contributed by atoms with E-state index in [1.54, 1.807) is 0 Å². The van der Waals surface area contributed by atoms with E-state index >= 15 is 0 Å². The normalized spacial score (nSPS) is 12.5. The molecule has 10 heavy (non-hydrogen) atoms. The first-order chi connectivity index (χ1) is 4.42. The number of phosphoric acid groups is 1. The van der Waals surface area contributed by atoms with Crippen molar-refractivity contribution < 1.29 is 18.9 Å². The van der Waals surface area contributed by atoms with Crippen molar-refractivity contribution in [3.05, 3.63) is 0 Å². The molecule has 0 heterocycles. The summed E-state index contributed by atoms with van der Waals surface area (Å²) >= 11 is 0. The average Bonchev–Trinajstić information content (AvgIpc) is 1.59. The first kappa shape index (κ1) is 10.1. The monoisotopic (exact) mass is 168 g/mol. The molecular weight excluding hydrogens is 155 g/mol. The fourth-order valence-electron chi connectivity index (χ4n) is 0.407. The van der Waals surface area contributed by atoms with Crippen molar-refractivity contribution in [2.45, 2.75) is 20.3 Å². The summed E-state index contributed by atoms with van der Waals surface area (Å²) in [5.41, 5.74) is 0. The van der Waals surface area contributed by atoms with Crippen LogP contribution in [0.15, 0.2) is 0 Å². The molecule has 5 heteroatoms. The minimum absolute atomic E-state index is 0.127. The summed E-state index contributed by atoms with van der Waals surface area (Å²) in [6, 6.07) is 0. The van der Waals surface area contributed by atoms with Crippen LogP contribution in [0.5, 0.6) is 0 Å². The van der Waals surface area contributed by atoms with Gasteiger partial charge >= 0.3 is 7.82 Å². The molecule has 0 aromatic rings. The van der Waals surface area contributed by atoms with Crippen LogP contribution in [0.4, 0.5) is 0 Å². The summed E-state index contributed by atoms with van der Waals surface area (Å²) in [7, 11) is -4.22. The molecule has 0 fully saturated rings. The average molecular weight is 168 g/mol. The fraction of sp³-hybridized carbons (Fsp3) is 1.00. The quantitative estimate of drug-likeness (QED) is 0.617. The molecule has 0 aliphatic carbocycles. The third-order valence-corrected chi connectivity index (χ3v) is 1.47. The Labute approximate surface area is 60.5 Å². The van der Waals surface area contributed by atoms with Crippen molar-refractivity contribution in [1.82, 2.24) is 0 Å². The maximum atomic E-state index is 10.1. The van der Waals surface area contributed by atoms with Gasteiger partial charge in [-0.15, -0.1) is 0 Å². The predicted octanol–water partition coefficient (Wildman–Crippen LogP) is 1.14. The zero-order valence-electron chi connectivity index (χ0n) is 6.15. The molecule has 62 valence electrons. The molecule has 0 atom stereocenters. The maximum absolute atomic E-state index is 10.1. The molecule has 0 bridgehead atoms. The van der Waals surface area contributed by atoms with E-state index < -0.39 is 7.82 Å². The van der Waals surface area contributed by atoms with Crippen molar-refractivity contribution in [2.24, 2.45) is 5.92 Å². The molecule has 0 radical (unpaired) electrons. The van der Waals surface area contributed by atoms with Gasteiger partial charge in [0.05, 0.1) is 6.61 Å². The SMILES string of the molecule is CC(C)CCOP(=O)(O)O. The van der Waals surface area contributed by atoms with Crippen LogP contribution in [0.3, 0.4) is 0 Å². The summed E-state index contributed by atoms with van der Waals surface area (Å²) in [6.45, 7) is 4.05. The number of hydrogen-bond acceptors (Lipinski definition) is 2. The lowest BCUT2D eigenvalue weighted by Gasteiger charge is -2.05. The zero-order chi connectivity index (χ0) is 8.20. The first-order valence-electron chi connectivity index (χ1n) is 3.12. The van der Waals surface area contributed by atoms with E-state index in [4.69, 9.17) is 9.79 Å². The smallest absolute Gasteiger partial charge is 0.303 e. The van der Waals surface area contributed by atoms with Gasteiger partial charge in [0.25, 0.3) is 0 Å². The Bertz CT molecular complexity index is 128. The molecule has 0 amide bonds. The third-order valence-electron chi connectivity index (χ3n) is 0.955. The Kier molecular flexibility index (Phi) is 4.13. The van der Waals surface area contributed by atoms with E-state index in [1.807, 2.05) is 13.8 Å². The van der Waals surface area contributed by atoms with Crippen molar-refractivity contribution in [3.63, 3.8) is 0 Å². The molecule has 4 nitrogen and oxygen atoms in total. The topological polar surface area (TPSA) is 66.8 Å². The minimum atomic E-state index is -4.22. The van der Waals surface area contributed by atoms with Crippen LogP contribution in [0, 0.1) is 5.92 Å². The molecule has 0 saturated heterocycles. The molecule has 0 aliphatic heterocycles. The van der Waals surface area contributed by atoms with Crippen molar-refractivity contribution >= 4 is 7.82 Å². The lowest BCUT2D eigenvalue weighted by molar-refractivity contribution is 0.188. The van der Waals surface area contributed by atoms with Gasteiger partial charge in [0, 0.05) is 0 Å². The second kappa shape index (κ2) is 4.09. The van der Waals surface area contributed by atoms with Crippen LogP contribution in [0.1, 0.15) is 20.3 Å².